The van der Waals surface area contributed by atoms with Gasteiger partial charge in [-0.25, -0.2) is 0 Å². The summed E-state index contributed by atoms with van der Waals surface area (Å²) in [5, 5.41) is 2.73. The van der Waals surface area contributed by atoms with Crippen molar-refractivity contribution < 1.29 is 9.59 Å². The fraction of sp³-hybridized carbons (Fsp3) is 0.429. The monoisotopic (exact) mass is 248 g/mol. The summed E-state index contributed by atoms with van der Waals surface area (Å²) in [7, 11) is 0. The van der Waals surface area contributed by atoms with Gasteiger partial charge in [0, 0.05) is 11.3 Å². The number of carbonyl (C=O) groups is 2. The van der Waals surface area contributed by atoms with E-state index >= 15 is 0 Å². The zero-order chi connectivity index (χ0) is 13.9. The van der Waals surface area contributed by atoms with Gasteiger partial charge < -0.3 is 11.1 Å². The molecule has 0 saturated carbocycles. The molecule has 18 heavy (non-hydrogen) atoms. The summed E-state index contributed by atoms with van der Waals surface area (Å²) in [6.45, 7) is 7.21. The number of rotatable bonds is 3. The Morgan fingerprint density at radius 1 is 1.28 bits per heavy atom. The highest BCUT2D eigenvalue weighted by atomic mass is 16.2. The Balaban J connectivity index is 2.82. The molecule has 1 atom stereocenters. The van der Waals surface area contributed by atoms with Gasteiger partial charge in [-0.05, 0) is 24.5 Å². The molecule has 0 radical (unpaired) electrons. The van der Waals surface area contributed by atoms with Crippen molar-refractivity contribution >= 4 is 17.4 Å². The van der Waals surface area contributed by atoms with E-state index in [1.54, 1.807) is 24.3 Å². The molecule has 1 aromatic carbocycles. The third kappa shape index (κ3) is 3.67. The molecule has 1 amide bonds. The molecule has 0 aliphatic rings. The smallest absolute Gasteiger partial charge is 0.241 e. The van der Waals surface area contributed by atoms with Gasteiger partial charge in [-0.3, -0.25) is 9.59 Å². The first-order valence-electron chi connectivity index (χ1n) is 5.89. The third-order valence-corrected chi connectivity index (χ3v) is 2.75. The fourth-order valence-electron chi connectivity index (χ4n) is 1.43. The Labute approximate surface area is 108 Å². The van der Waals surface area contributed by atoms with Crippen LogP contribution in [0.3, 0.4) is 0 Å². The molecule has 3 N–H and O–H groups in total. The van der Waals surface area contributed by atoms with Crippen molar-refractivity contribution in [3.8, 4) is 0 Å². The second kappa shape index (κ2) is 5.31. The number of nitrogens with two attached hydrogens (primary N) is 1. The summed E-state index contributed by atoms with van der Waals surface area (Å²) < 4.78 is 0. The highest BCUT2D eigenvalue weighted by molar-refractivity contribution is 5.98. The lowest BCUT2D eigenvalue weighted by molar-refractivity contribution is -0.119. The van der Waals surface area contributed by atoms with Crippen LogP contribution in [0.2, 0.25) is 0 Å². The molecule has 0 aromatic heterocycles. The van der Waals surface area contributed by atoms with Crippen molar-refractivity contribution in [3.63, 3.8) is 0 Å². The van der Waals surface area contributed by atoms with Crippen LogP contribution >= 0.6 is 0 Å². The fourth-order valence-corrected chi connectivity index (χ4v) is 1.43. The van der Waals surface area contributed by atoms with E-state index in [0.717, 1.165) is 0 Å². The highest BCUT2D eigenvalue weighted by Crippen LogP contribution is 2.19. The van der Waals surface area contributed by atoms with Gasteiger partial charge in [0.15, 0.2) is 5.78 Å². The van der Waals surface area contributed by atoms with Gasteiger partial charge in [0.2, 0.25) is 5.91 Å². The van der Waals surface area contributed by atoms with Crippen molar-refractivity contribution in [2.45, 2.75) is 33.7 Å². The van der Waals surface area contributed by atoms with Gasteiger partial charge in [0.05, 0.1) is 6.04 Å². The van der Waals surface area contributed by atoms with Crippen LogP contribution in [0.15, 0.2) is 24.3 Å². The maximum Gasteiger partial charge on any atom is 0.241 e. The van der Waals surface area contributed by atoms with E-state index in [0.29, 0.717) is 11.3 Å². The zero-order valence-corrected chi connectivity index (χ0v) is 11.3. The number of ketones is 1. The molecule has 0 heterocycles. The molecule has 4 heteroatoms. The SMILES string of the molecule is CC(=O)c1cccc(NC(=O)[C@@H](N)C(C)(C)C)c1. The number of carbonyl (C=O) groups excluding carboxylic acids is 2. The second-order valence-corrected chi connectivity index (χ2v) is 5.47. The Kier molecular flexibility index (Phi) is 4.24. The Morgan fingerprint density at radius 3 is 2.39 bits per heavy atom. The van der Waals surface area contributed by atoms with E-state index in [-0.39, 0.29) is 17.1 Å². The van der Waals surface area contributed by atoms with Crippen molar-refractivity contribution in [2.75, 3.05) is 5.32 Å². The number of Topliss-reactive ketones (excluding diaryl/α,β-unsaturated/α-hetero) is 1. The van der Waals surface area contributed by atoms with Gasteiger partial charge >= 0.3 is 0 Å². The van der Waals surface area contributed by atoms with E-state index in [1.165, 1.54) is 6.92 Å². The molecule has 0 aliphatic carbocycles. The third-order valence-electron chi connectivity index (χ3n) is 2.75. The van der Waals surface area contributed by atoms with E-state index in [4.69, 9.17) is 5.73 Å². The number of benzene rings is 1. The lowest BCUT2D eigenvalue weighted by Gasteiger charge is -2.25. The van der Waals surface area contributed by atoms with Crippen LogP contribution in [0.1, 0.15) is 38.1 Å². The first kappa shape index (κ1) is 14.4. The molecule has 1 aromatic rings. The molecule has 0 spiro atoms. The van der Waals surface area contributed by atoms with Crippen LogP contribution in [0.5, 0.6) is 0 Å². The first-order valence-corrected chi connectivity index (χ1v) is 5.89. The molecular weight excluding hydrogens is 228 g/mol. The summed E-state index contributed by atoms with van der Waals surface area (Å²) >= 11 is 0. The van der Waals surface area contributed by atoms with Crippen LogP contribution in [-0.2, 0) is 4.79 Å². The molecule has 1 rings (SSSR count). The van der Waals surface area contributed by atoms with E-state index in [9.17, 15) is 9.59 Å². The number of hydrogen-bond acceptors (Lipinski definition) is 3. The molecule has 0 fully saturated rings. The molecular formula is C14H20N2O2. The van der Waals surface area contributed by atoms with Crippen molar-refractivity contribution in [1.29, 1.82) is 0 Å². The van der Waals surface area contributed by atoms with Crippen LogP contribution in [0.25, 0.3) is 0 Å². The topological polar surface area (TPSA) is 72.2 Å². The summed E-state index contributed by atoms with van der Waals surface area (Å²) in [6, 6.07) is 6.23. The highest BCUT2D eigenvalue weighted by Gasteiger charge is 2.27. The average molecular weight is 248 g/mol. The summed E-state index contributed by atoms with van der Waals surface area (Å²) in [4.78, 5) is 23.2. The lowest BCUT2D eigenvalue weighted by atomic mass is 9.87. The minimum atomic E-state index is -0.599. The standard InChI is InChI=1S/C14H20N2O2/c1-9(17)10-6-5-7-11(8-10)16-13(18)12(15)14(2,3)4/h5-8,12H,15H2,1-4H3,(H,16,18)/t12-/m1/s1. The van der Waals surface area contributed by atoms with Crippen molar-refractivity contribution in [3.05, 3.63) is 29.8 Å². The van der Waals surface area contributed by atoms with E-state index in [2.05, 4.69) is 5.32 Å². The Bertz CT molecular complexity index is 461. The van der Waals surface area contributed by atoms with E-state index in [1.807, 2.05) is 20.8 Å². The predicted octanol–water partition coefficient (Wildman–Crippen LogP) is 2.20. The minimum Gasteiger partial charge on any atom is -0.325 e. The minimum absolute atomic E-state index is 0.0359. The zero-order valence-electron chi connectivity index (χ0n) is 11.3. The molecule has 0 aliphatic heterocycles. The number of amides is 1. The van der Waals surface area contributed by atoms with Crippen molar-refractivity contribution in [2.24, 2.45) is 11.1 Å². The van der Waals surface area contributed by atoms with Gasteiger partial charge in [-0.15, -0.1) is 0 Å². The lowest BCUT2D eigenvalue weighted by Crippen LogP contribution is -2.45. The summed E-state index contributed by atoms with van der Waals surface area (Å²) in [5.41, 5.74) is 6.71. The van der Waals surface area contributed by atoms with Crippen LogP contribution in [-0.4, -0.2) is 17.7 Å². The largest absolute Gasteiger partial charge is 0.325 e. The number of hydrogen-bond donors (Lipinski definition) is 2. The van der Waals surface area contributed by atoms with Gasteiger partial charge in [0.25, 0.3) is 0 Å². The predicted molar refractivity (Wildman–Crippen MR) is 72.5 cm³/mol. The molecule has 0 bridgehead atoms. The summed E-state index contributed by atoms with van der Waals surface area (Å²) in [5.74, 6) is -0.283. The molecule has 0 unspecified atom stereocenters. The molecule has 98 valence electrons. The van der Waals surface area contributed by atoms with Gasteiger partial charge in [-0.1, -0.05) is 32.9 Å². The molecule has 0 saturated heterocycles. The summed E-state index contributed by atoms with van der Waals surface area (Å²) in [6.07, 6.45) is 0. The van der Waals surface area contributed by atoms with E-state index < -0.39 is 6.04 Å². The Hall–Kier alpha value is -1.68. The quantitative estimate of drug-likeness (QED) is 0.805. The van der Waals surface area contributed by atoms with Crippen LogP contribution in [0, 0.1) is 5.41 Å². The van der Waals surface area contributed by atoms with Crippen LogP contribution < -0.4 is 11.1 Å². The number of nitrogens with one attached hydrogen (secondary N) is 1. The maximum atomic E-state index is 11.9. The second-order valence-electron chi connectivity index (χ2n) is 5.47. The average Bonchev–Trinajstić information content (AvgIpc) is 2.27. The van der Waals surface area contributed by atoms with Crippen LogP contribution in [0.4, 0.5) is 5.69 Å². The van der Waals surface area contributed by atoms with Gasteiger partial charge in [-0.2, -0.15) is 0 Å². The number of anilines is 1. The maximum absolute atomic E-state index is 11.9. The first-order chi connectivity index (χ1) is 8.21. The van der Waals surface area contributed by atoms with Crippen molar-refractivity contribution in [1.82, 2.24) is 0 Å². The molecule has 4 nitrogen and oxygen atoms in total. The normalized spacial score (nSPS) is 12.9. The Morgan fingerprint density at radius 2 is 1.89 bits per heavy atom. The van der Waals surface area contributed by atoms with Gasteiger partial charge in [0.1, 0.15) is 0 Å².